The van der Waals surface area contributed by atoms with Crippen molar-refractivity contribution in [1.82, 2.24) is 4.98 Å². The first-order valence-corrected chi connectivity index (χ1v) is 6.29. The van der Waals surface area contributed by atoms with E-state index >= 15 is 0 Å². The molecule has 0 aliphatic carbocycles. The van der Waals surface area contributed by atoms with E-state index in [1.165, 1.54) is 5.56 Å². The van der Waals surface area contributed by atoms with Crippen LogP contribution in [0.25, 0.3) is 0 Å². The summed E-state index contributed by atoms with van der Waals surface area (Å²) in [5, 5.41) is 9.20. The molecule has 0 fully saturated rings. The summed E-state index contributed by atoms with van der Waals surface area (Å²) >= 11 is 0. The summed E-state index contributed by atoms with van der Waals surface area (Å²) in [7, 11) is 0. The molecule has 0 saturated carbocycles. The fourth-order valence-electron chi connectivity index (χ4n) is 1.97. The number of hydrogen-bond acceptors (Lipinski definition) is 3. The third kappa shape index (κ3) is 2.92. The molecule has 0 bridgehead atoms. The summed E-state index contributed by atoms with van der Waals surface area (Å²) in [5.41, 5.74) is 3.24. The molecule has 3 nitrogen and oxygen atoms in total. The van der Waals surface area contributed by atoms with E-state index in [0.29, 0.717) is 17.0 Å². The average molecular weight is 252 g/mol. The Balaban J connectivity index is 2.40. The van der Waals surface area contributed by atoms with Gasteiger partial charge < -0.3 is 4.74 Å². The van der Waals surface area contributed by atoms with Gasteiger partial charge in [0, 0.05) is 11.8 Å². The molecule has 0 aliphatic rings. The number of nitriles is 1. The first kappa shape index (κ1) is 13.1. The number of pyridine rings is 1. The highest BCUT2D eigenvalue weighted by molar-refractivity contribution is 5.48. The molecule has 96 valence electrons. The maximum Gasteiger partial charge on any atom is 0.148 e. The van der Waals surface area contributed by atoms with E-state index in [0.717, 1.165) is 17.9 Å². The fourth-order valence-corrected chi connectivity index (χ4v) is 1.97. The Labute approximate surface area is 113 Å². The molecule has 2 aromatic rings. The number of ether oxygens (including phenoxy) is 1. The number of aryl methyl sites for hydroxylation is 3. The molecular weight excluding hydrogens is 236 g/mol. The quantitative estimate of drug-likeness (QED) is 0.831. The minimum atomic E-state index is 0.493. The van der Waals surface area contributed by atoms with Gasteiger partial charge in [0.1, 0.15) is 23.1 Å². The smallest absolute Gasteiger partial charge is 0.148 e. The van der Waals surface area contributed by atoms with Crippen LogP contribution in [0.2, 0.25) is 0 Å². The van der Waals surface area contributed by atoms with E-state index in [-0.39, 0.29) is 0 Å². The summed E-state index contributed by atoms with van der Waals surface area (Å²) in [6, 6.07) is 11.9. The van der Waals surface area contributed by atoms with Crippen LogP contribution >= 0.6 is 0 Å². The lowest BCUT2D eigenvalue weighted by molar-refractivity contribution is 0.478. The van der Waals surface area contributed by atoms with Crippen LogP contribution in [0.5, 0.6) is 11.5 Å². The van der Waals surface area contributed by atoms with Crippen molar-refractivity contribution in [3.63, 3.8) is 0 Å². The highest BCUT2D eigenvalue weighted by atomic mass is 16.5. The number of nitrogens with zero attached hydrogens (tertiary/aromatic N) is 2. The second kappa shape index (κ2) is 5.53. The highest BCUT2D eigenvalue weighted by Crippen LogP contribution is 2.27. The number of rotatable bonds is 3. The van der Waals surface area contributed by atoms with Crippen molar-refractivity contribution < 1.29 is 4.74 Å². The molecule has 0 atom stereocenters. The molecule has 0 radical (unpaired) electrons. The van der Waals surface area contributed by atoms with Crippen LogP contribution in [0.15, 0.2) is 30.3 Å². The lowest BCUT2D eigenvalue weighted by Crippen LogP contribution is -1.96. The van der Waals surface area contributed by atoms with E-state index in [4.69, 9.17) is 4.74 Å². The van der Waals surface area contributed by atoms with Crippen molar-refractivity contribution in [1.29, 1.82) is 5.26 Å². The van der Waals surface area contributed by atoms with Crippen LogP contribution in [0, 0.1) is 25.2 Å². The molecule has 0 spiro atoms. The monoisotopic (exact) mass is 252 g/mol. The lowest BCUT2D eigenvalue weighted by Gasteiger charge is -2.10. The topological polar surface area (TPSA) is 45.9 Å². The summed E-state index contributed by atoms with van der Waals surface area (Å²) in [6.07, 6.45) is 0.955. The maximum absolute atomic E-state index is 9.20. The predicted molar refractivity (Wildman–Crippen MR) is 74.3 cm³/mol. The van der Waals surface area contributed by atoms with Gasteiger partial charge in [-0.1, -0.05) is 19.1 Å². The molecule has 2 rings (SSSR count). The van der Waals surface area contributed by atoms with E-state index in [2.05, 4.69) is 24.0 Å². The van der Waals surface area contributed by atoms with E-state index in [9.17, 15) is 5.26 Å². The Morgan fingerprint density at radius 1 is 1.26 bits per heavy atom. The van der Waals surface area contributed by atoms with Crippen molar-refractivity contribution in [2.45, 2.75) is 27.2 Å². The molecule has 1 aromatic carbocycles. The zero-order valence-electron chi connectivity index (χ0n) is 11.4. The largest absolute Gasteiger partial charge is 0.456 e. The van der Waals surface area contributed by atoms with Gasteiger partial charge in [0.05, 0.1) is 5.69 Å². The molecule has 19 heavy (non-hydrogen) atoms. The summed E-state index contributed by atoms with van der Waals surface area (Å²) < 4.78 is 5.84. The van der Waals surface area contributed by atoms with Crippen LogP contribution in [-0.2, 0) is 6.42 Å². The van der Waals surface area contributed by atoms with Crippen molar-refractivity contribution in [2.24, 2.45) is 0 Å². The SMILES string of the molecule is CCc1cccc(Oc2cc(C)nc(C)c2C#N)c1. The van der Waals surface area contributed by atoms with Crippen LogP contribution in [0.4, 0.5) is 0 Å². The van der Waals surface area contributed by atoms with Gasteiger partial charge >= 0.3 is 0 Å². The van der Waals surface area contributed by atoms with Crippen LogP contribution in [0.3, 0.4) is 0 Å². The molecular formula is C16H16N2O. The molecule has 0 N–H and O–H groups in total. The third-order valence-electron chi connectivity index (χ3n) is 2.94. The van der Waals surface area contributed by atoms with Gasteiger partial charge in [-0.2, -0.15) is 5.26 Å². The Morgan fingerprint density at radius 3 is 2.74 bits per heavy atom. The lowest BCUT2D eigenvalue weighted by atomic mass is 10.1. The van der Waals surface area contributed by atoms with Crippen molar-refractivity contribution in [3.05, 3.63) is 52.8 Å². The van der Waals surface area contributed by atoms with Gasteiger partial charge in [0.15, 0.2) is 0 Å². The van der Waals surface area contributed by atoms with Crippen molar-refractivity contribution in [3.8, 4) is 17.6 Å². The molecule has 0 amide bonds. The maximum atomic E-state index is 9.20. The number of benzene rings is 1. The van der Waals surface area contributed by atoms with E-state index < -0.39 is 0 Å². The summed E-state index contributed by atoms with van der Waals surface area (Å²) in [6.45, 7) is 5.81. The molecule has 0 saturated heterocycles. The molecule has 0 aliphatic heterocycles. The second-order valence-electron chi connectivity index (χ2n) is 4.44. The van der Waals surface area contributed by atoms with Gasteiger partial charge in [-0.05, 0) is 38.0 Å². The standard InChI is InChI=1S/C16H16N2O/c1-4-13-6-5-7-14(9-13)19-16-8-11(2)18-12(3)15(16)10-17/h5-9H,4H2,1-3H3. The number of hydrogen-bond donors (Lipinski definition) is 0. The minimum Gasteiger partial charge on any atom is -0.456 e. The van der Waals surface area contributed by atoms with Gasteiger partial charge in [-0.3, -0.25) is 4.98 Å². The van der Waals surface area contributed by atoms with Gasteiger partial charge in [0.25, 0.3) is 0 Å². The van der Waals surface area contributed by atoms with Crippen molar-refractivity contribution in [2.75, 3.05) is 0 Å². The first-order valence-electron chi connectivity index (χ1n) is 6.29. The average Bonchev–Trinajstić information content (AvgIpc) is 2.38. The third-order valence-corrected chi connectivity index (χ3v) is 2.94. The summed E-state index contributed by atoms with van der Waals surface area (Å²) in [5.74, 6) is 1.32. The Morgan fingerprint density at radius 2 is 2.05 bits per heavy atom. The zero-order valence-corrected chi connectivity index (χ0v) is 11.4. The Bertz CT molecular complexity index is 642. The van der Waals surface area contributed by atoms with Crippen molar-refractivity contribution >= 4 is 0 Å². The fraction of sp³-hybridized carbons (Fsp3) is 0.250. The normalized spacial score (nSPS) is 10.0. The van der Waals surface area contributed by atoms with E-state index in [1.807, 2.05) is 32.0 Å². The van der Waals surface area contributed by atoms with Gasteiger partial charge in [0.2, 0.25) is 0 Å². The minimum absolute atomic E-state index is 0.493. The summed E-state index contributed by atoms with van der Waals surface area (Å²) in [4.78, 5) is 4.28. The zero-order chi connectivity index (χ0) is 13.8. The van der Waals surface area contributed by atoms with Crippen LogP contribution < -0.4 is 4.74 Å². The van der Waals surface area contributed by atoms with Crippen LogP contribution in [-0.4, -0.2) is 4.98 Å². The second-order valence-corrected chi connectivity index (χ2v) is 4.44. The predicted octanol–water partition coefficient (Wildman–Crippen LogP) is 3.92. The highest BCUT2D eigenvalue weighted by Gasteiger charge is 2.10. The Kier molecular flexibility index (Phi) is 3.82. The first-order chi connectivity index (χ1) is 9.13. The Hall–Kier alpha value is -2.34. The molecule has 1 heterocycles. The van der Waals surface area contributed by atoms with Crippen LogP contribution in [0.1, 0.15) is 29.4 Å². The molecule has 0 unspecified atom stereocenters. The number of aromatic nitrogens is 1. The van der Waals surface area contributed by atoms with E-state index in [1.54, 1.807) is 6.07 Å². The molecule has 3 heteroatoms. The molecule has 1 aromatic heterocycles. The van der Waals surface area contributed by atoms with Gasteiger partial charge in [-0.15, -0.1) is 0 Å². The van der Waals surface area contributed by atoms with Gasteiger partial charge in [-0.25, -0.2) is 0 Å².